The lowest BCUT2D eigenvalue weighted by molar-refractivity contribution is -0.117. The minimum atomic E-state index is -3.58. The Bertz CT molecular complexity index is 897. The first-order valence-corrected chi connectivity index (χ1v) is 11.4. The van der Waals surface area contributed by atoms with E-state index in [0.717, 1.165) is 6.54 Å². The van der Waals surface area contributed by atoms with Crippen molar-refractivity contribution in [2.45, 2.75) is 28.6 Å². The van der Waals surface area contributed by atoms with Crippen LogP contribution in [0.15, 0.2) is 58.6 Å². The summed E-state index contributed by atoms with van der Waals surface area (Å²) in [5, 5.41) is 0.144. The van der Waals surface area contributed by atoms with Crippen LogP contribution in [0.5, 0.6) is 0 Å². The number of amides is 1. The number of hydrogen-bond donors (Lipinski definition) is 1. The number of benzene rings is 1. The third-order valence-electron chi connectivity index (χ3n) is 4.63. The minimum Gasteiger partial charge on any atom is -0.369 e. The number of sulfonamides is 1. The van der Waals surface area contributed by atoms with Gasteiger partial charge in [0.15, 0.2) is 0 Å². The van der Waals surface area contributed by atoms with Crippen molar-refractivity contribution in [2.24, 2.45) is 5.73 Å². The monoisotopic (exact) mass is 420 g/mol. The number of primary amides is 1. The van der Waals surface area contributed by atoms with E-state index in [4.69, 9.17) is 5.73 Å². The van der Waals surface area contributed by atoms with E-state index in [2.05, 4.69) is 22.0 Å². The Morgan fingerprint density at radius 2 is 1.82 bits per heavy atom. The van der Waals surface area contributed by atoms with Gasteiger partial charge in [0.05, 0.1) is 10.3 Å². The Kier molecular flexibility index (Phi) is 6.71. The van der Waals surface area contributed by atoms with Gasteiger partial charge in [-0.3, -0.25) is 9.69 Å². The molecule has 1 atom stereocenters. The molecule has 0 saturated carbocycles. The number of carbonyl (C=O) groups excluding carboxylic acids is 1. The van der Waals surface area contributed by atoms with Crippen molar-refractivity contribution < 1.29 is 13.2 Å². The molecule has 0 bridgehead atoms. The van der Waals surface area contributed by atoms with Gasteiger partial charge < -0.3 is 5.73 Å². The molecule has 1 fully saturated rings. The number of aromatic nitrogens is 1. The van der Waals surface area contributed by atoms with Gasteiger partial charge in [-0.2, -0.15) is 4.31 Å². The van der Waals surface area contributed by atoms with Crippen molar-refractivity contribution in [3.8, 4) is 0 Å². The highest BCUT2D eigenvalue weighted by Crippen LogP contribution is 2.23. The molecule has 2 aromatic rings. The fourth-order valence-electron chi connectivity index (χ4n) is 2.95. The summed E-state index contributed by atoms with van der Waals surface area (Å²) in [5.41, 5.74) is 6.47. The zero-order chi connectivity index (χ0) is 20.1. The number of nitrogens with two attached hydrogens (primary N) is 1. The van der Waals surface area contributed by atoms with Crippen LogP contribution in [0, 0.1) is 0 Å². The van der Waals surface area contributed by atoms with Gasteiger partial charge in [0, 0.05) is 38.9 Å². The number of piperazine rings is 1. The van der Waals surface area contributed by atoms with Crippen LogP contribution >= 0.6 is 11.8 Å². The Balaban J connectivity index is 1.60. The molecule has 1 saturated heterocycles. The van der Waals surface area contributed by atoms with Gasteiger partial charge in [-0.05, 0) is 24.6 Å². The summed E-state index contributed by atoms with van der Waals surface area (Å²) in [7, 11) is -3.58. The molecule has 3 rings (SSSR count). The molecular weight excluding hydrogens is 396 g/mol. The molecule has 9 heteroatoms. The Labute approximate surface area is 170 Å². The average molecular weight is 421 g/mol. The first kappa shape index (κ1) is 20.8. The van der Waals surface area contributed by atoms with Crippen LogP contribution in [0.25, 0.3) is 0 Å². The normalized spacial score (nSPS) is 17.3. The van der Waals surface area contributed by atoms with Gasteiger partial charge in [0.2, 0.25) is 15.9 Å². The standard InChI is InChI=1S/C19H24N4O3S2/c1-15(19(20)24)27-18-8-7-17(13-21-18)28(25,26)23-11-9-22(10-12-23)14-16-5-3-2-4-6-16/h2-8,13,15H,9-12,14H2,1H3,(H2,20,24)/t15-/m1/s1. The van der Waals surface area contributed by atoms with Gasteiger partial charge in [-0.15, -0.1) is 0 Å². The molecule has 1 aromatic carbocycles. The van der Waals surface area contributed by atoms with E-state index in [-0.39, 0.29) is 4.90 Å². The maximum atomic E-state index is 12.9. The largest absolute Gasteiger partial charge is 0.369 e. The zero-order valence-corrected chi connectivity index (χ0v) is 17.3. The summed E-state index contributed by atoms with van der Waals surface area (Å²) < 4.78 is 27.3. The van der Waals surface area contributed by atoms with Gasteiger partial charge >= 0.3 is 0 Å². The number of nitrogens with zero attached hydrogens (tertiary/aromatic N) is 3. The van der Waals surface area contributed by atoms with E-state index in [1.165, 1.54) is 33.9 Å². The van der Waals surface area contributed by atoms with E-state index < -0.39 is 21.2 Å². The molecular formula is C19H24N4O3S2. The summed E-state index contributed by atoms with van der Waals surface area (Å²) >= 11 is 1.21. The predicted molar refractivity (Wildman–Crippen MR) is 109 cm³/mol. The highest BCUT2D eigenvalue weighted by atomic mass is 32.2. The Hall–Kier alpha value is -1.94. The molecule has 0 spiro atoms. The fraction of sp³-hybridized carbons (Fsp3) is 0.368. The highest BCUT2D eigenvalue weighted by Gasteiger charge is 2.28. The van der Waals surface area contributed by atoms with Crippen molar-refractivity contribution in [1.29, 1.82) is 0 Å². The van der Waals surface area contributed by atoms with Crippen molar-refractivity contribution >= 4 is 27.7 Å². The van der Waals surface area contributed by atoms with E-state index in [1.54, 1.807) is 13.0 Å². The van der Waals surface area contributed by atoms with Crippen molar-refractivity contribution in [3.63, 3.8) is 0 Å². The molecule has 28 heavy (non-hydrogen) atoms. The van der Waals surface area contributed by atoms with E-state index in [1.807, 2.05) is 18.2 Å². The number of carbonyl (C=O) groups is 1. The van der Waals surface area contributed by atoms with Crippen LogP contribution in [0.2, 0.25) is 0 Å². The average Bonchev–Trinajstić information content (AvgIpc) is 2.69. The second-order valence-electron chi connectivity index (χ2n) is 6.66. The van der Waals surface area contributed by atoms with Crippen LogP contribution in [-0.2, 0) is 21.4 Å². The van der Waals surface area contributed by atoms with E-state index >= 15 is 0 Å². The van der Waals surface area contributed by atoms with Crippen LogP contribution in [0.1, 0.15) is 12.5 Å². The molecule has 7 nitrogen and oxygen atoms in total. The predicted octanol–water partition coefficient (Wildman–Crippen LogP) is 1.55. The van der Waals surface area contributed by atoms with Gasteiger partial charge in [0.25, 0.3) is 0 Å². The maximum Gasteiger partial charge on any atom is 0.244 e. The summed E-state index contributed by atoms with van der Waals surface area (Å²) in [6.45, 7) is 4.78. The molecule has 0 radical (unpaired) electrons. The van der Waals surface area contributed by atoms with Crippen molar-refractivity contribution in [2.75, 3.05) is 26.2 Å². The summed E-state index contributed by atoms with van der Waals surface area (Å²) in [4.78, 5) is 17.7. The molecule has 1 aromatic heterocycles. The maximum absolute atomic E-state index is 12.9. The highest BCUT2D eigenvalue weighted by molar-refractivity contribution is 8.00. The van der Waals surface area contributed by atoms with Crippen LogP contribution in [0.4, 0.5) is 0 Å². The Morgan fingerprint density at radius 3 is 2.39 bits per heavy atom. The smallest absolute Gasteiger partial charge is 0.244 e. The van der Waals surface area contributed by atoms with Gasteiger partial charge in [-0.25, -0.2) is 13.4 Å². The molecule has 150 valence electrons. The van der Waals surface area contributed by atoms with Crippen LogP contribution in [-0.4, -0.2) is 59.9 Å². The first-order valence-electron chi connectivity index (χ1n) is 9.05. The van der Waals surface area contributed by atoms with Gasteiger partial charge in [-0.1, -0.05) is 42.1 Å². The lowest BCUT2D eigenvalue weighted by Gasteiger charge is -2.33. The fourth-order valence-corrected chi connectivity index (χ4v) is 5.05. The SMILES string of the molecule is C[C@@H](Sc1ccc(S(=O)(=O)N2CCN(Cc3ccccc3)CC2)cn1)C(N)=O. The quantitative estimate of drug-likeness (QED) is 0.683. The summed E-state index contributed by atoms with van der Waals surface area (Å²) in [6, 6.07) is 13.3. The molecule has 0 unspecified atom stereocenters. The van der Waals surface area contributed by atoms with Crippen molar-refractivity contribution in [3.05, 3.63) is 54.2 Å². The molecule has 2 N–H and O–H groups in total. The van der Waals surface area contributed by atoms with E-state index in [0.29, 0.717) is 31.2 Å². The summed E-state index contributed by atoms with van der Waals surface area (Å²) in [6.07, 6.45) is 1.35. The number of thioether (sulfide) groups is 1. The van der Waals surface area contributed by atoms with E-state index in [9.17, 15) is 13.2 Å². The molecule has 2 heterocycles. The Morgan fingerprint density at radius 1 is 1.14 bits per heavy atom. The molecule has 1 aliphatic rings. The lowest BCUT2D eigenvalue weighted by atomic mass is 10.2. The summed E-state index contributed by atoms with van der Waals surface area (Å²) in [5.74, 6) is -0.433. The molecule has 1 amide bonds. The van der Waals surface area contributed by atoms with Crippen molar-refractivity contribution in [1.82, 2.24) is 14.2 Å². The number of pyridine rings is 1. The number of hydrogen-bond acceptors (Lipinski definition) is 6. The van der Waals surface area contributed by atoms with Crippen LogP contribution < -0.4 is 5.73 Å². The van der Waals surface area contributed by atoms with Gasteiger partial charge in [0.1, 0.15) is 4.90 Å². The zero-order valence-electron chi connectivity index (χ0n) is 15.7. The molecule has 0 aliphatic carbocycles. The molecule has 1 aliphatic heterocycles. The first-order chi connectivity index (χ1) is 13.4. The second-order valence-corrected chi connectivity index (χ2v) is 9.96. The number of rotatable bonds is 7. The minimum absolute atomic E-state index is 0.167. The topological polar surface area (TPSA) is 96.6 Å². The van der Waals surface area contributed by atoms with Crippen LogP contribution in [0.3, 0.4) is 0 Å². The third-order valence-corrected chi connectivity index (χ3v) is 7.58. The second kappa shape index (κ2) is 9.04. The third kappa shape index (κ3) is 5.11. The lowest BCUT2D eigenvalue weighted by Crippen LogP contribution is -2.48.